The summed E-state index contributed by atoms with van der Waals surface area (Å²) in [5.74, 6) is 0.300. The Bertz CT molecular complexity index is 364. The average Bonchev–Trinajstić information content (AvgIpc) is 2.02. The van der Waals surface area contributed by atoms with Crippen LogP contribution in [0.3, 0.4) is 0 Å². The van der Waals surface area contributed by atoms with Crippen molar-refractivity contribution in [2.24, 2.45) is 0 Å². The molecule has 13 heavy (non-hydrogen) atoms. The van der Waals surface area contributed by atoms with E-state index in [0.29, 0.717) is 22.3 Å². The molecule has 0 amide bonds. The third kappa shape index (κ3) is 1.99. The van der Waals surface area contributed by atoms with Crippen LogP contribution >= 0.6 is 11.6 Å². The van der Waals surface area contributed by atoms with Crippen molar-refractivity contribution in [2.45, 2.75) is 26.7 Å². The molecular weight excluding hydrogens is 184 g/mol. The van der Waals surface area contributed by atoms with E-state index in [0.717, 1.165) is 5.56 Å². The van der Waals surface area contributed by atoms with Crippen molar-refractivity contribution >= 4 is 11.6 Å². The minimum absolute atomic E-state index is 0.300. The third-order valence-electron chi connectivity index (χ3n) is 1.93. The van der Waals surface area contributed by atoms with E-state index >= 15 is 0 Å². The summed E-state index contributed by atoms with van der Waals surface area (Å²) in [6, 6.07) is 3.91. The summed E-state index contributed by atoms with van der Waals surface area (Å²) in [5, 5.41) is 9.36. The second-order valence-corrected chi connectivity index (χ2v) is 3.65. The zero-order chi connectivity index (χ0) is 10.0. The molecule has 0 spiro atoms. The zero-order valence-corrected chi connectivity index (χ0v) is 8.68. The molecule has 0 atom stereocenters. The highest BCUT2D eigenvalue weighted by molar-refractivity contribution is 6.29. The molecule has 1 aromatic heterocycles. The molecule has 0 aliphatic carbocycles. The predicted molar refractivity (Wildman–Crippen MR) is 52.8 cm³/mol. The maximum absolute atomic E-state index is 8.91. The van der Waals surface area contributed by atoms with Gasteiger partial charge in [-0.15, -0.1) is 0 Å². The number of nitriles is 1. The molecule has 68 valence electrons. The fourth-order valence-corrected chi connectivity index (χ4v) is 1.50. The molecule has 0 aromatic carbocycles. The van der Waals surface area contributed by atoms with Crippen LogP contribution in [0.25, 0.3) is 0 Å². The van der Waals surface area contributed by atoms with Crippen molar-refractivity contribution in [3.05, 3.63) is 28.0 Å². The van der Waals surface area contributed by atoms with E-state index in [9.17, 15) is 0 Å². The largest absolute Gasteiger partial charge is 0.240 e. The molecule has 1 aromatic rings. The van der Waals surface area contributed by atoms with Crippen LogP contribution in [-0.2, 0) is 0 Å². The van der Waals surface area contributed by atoms with Gasteiger partial charge in [-0.1, -0.05) is 25.4 Å². The van der Waals surface area contributed by atoms with E-state index in [-0.39, 0.29) is 0 Å². The molecule has 0 radical (unpaired) electrons. The van der Waals surface area contributed by atoms with Gasteiger partial charge in [0, 0.05) is 0 Å². The molecular formula is C10H11ClN2. The molecule has 0 N–H and O–H groups in total. The third-order valence-corrected chi connectivity index (χ3v) is 2.13. The van der Waals surface area contributed by atoms with Crippen LogP contribution < -0.4 is 0 Å². The lowest BCUT2D eigenvalue weighted by molar-refractivity contribution is 0.854. The Kier molecular flexibility index (Phi) is 2.90. The number of aromatic nitrogens is 1. The highest BCUT2D eigenvalue weighted by atomic mass is 35.5. The zero-order valence-electron chi connectivity index (χ0n) is 7.93. The smallest absolute Gasteiger partial charge is 0.129 e. The van der Waals surface area contributed by atoms with Crippen molar-refractivity contribution in [1.82, 2.24) is 4.98 Å². The minimum atomic E-state index is 0.300. The molecule has 0 unspecified atom stereocenters. The first kappa shape index (κ1) is 10.0. The first-order valence-electron chi connectivity index (χ1n) is 4.13. The monoisotopic (exact) mass is 194 g/mol. The molecule has 0 bridgehead atoms. The van der Waals surface area contributed by atoms with Gasteiger partial charge in [-0.05, 0) is 24.5 Å². The highest BCUT2D eigenvalue weighted by Crippen LogP contribution is 2.23. The molecule has 0 saturated carbocycles. The molecule has 1 rings (SSSR count). The summed E-state index contributed by atoms with van der Waals surface area (Å²) >= 11 is 5.80. The van der Waals surface area contributed by atoms with Crippen molar-refractivity contribution in [2.75, 3.05) is 0 Å². The lowest BCUT2D eigenvalue weighted by Gasteiger charge is -2.09. The Balaban J connectivity index is 3.41. The number of hydrogen-bond donors (Lipinski definition) is 0. The second-order valence-electron chi connectivity index (χ2n) is 3.26. The summed E-state index contributed by atoms with van der Waals surface area (Å²) in [5.41, 5.74) is 2.33. The van der Waals surface area contributed by atoms with Crippen molar-refractivity contribution in [3.8, 4) is 6.07 Å². The fraction of sp³-hybridized carbons (Fsp3) is 0.400. The Hall–Kier alpha value is -1.07. The van der Waals surface area contributed by atoms with Gasteiger partial charge in [0.15, 0.2) is 0 Å². The number of hydrogen-bond acceptors (Lipinski definition) is 2. The van der Waals surface area contributed by atoms with Crippen molar-refractivity contribution in [1.29, 1.82) is 5.26 Å². The normalized spacial score (nSPS) is 10.2. The van der Waals surface area contributed by atoms with Gasteiger partial charge in [0.2, 0.25) is 0 Å². The first-order chi connectivity index (χ1) is 6.06. The Morgan fingerprint density at radius 3 is 2.62 bits per heavy atom. The standard InChI is InChI=1S/C10H11ClN2/c1-6(2)8-4-10(11)13-7(3)9(8)5-12/h4,6H,1-3H3. The van der Waals surface area contributed by atoms with E-state index in [1.807, 2.05) is 13.8 Å². The van der Waals surface area contributed by atoms with Crippen LogP contribution in [0.5, 0.6) is 0 Å². The first-order valence-corrected chi connectivity index (χ1v) is 4.51. The summed E-state index contributed by atoms with van der Waals surface area (Å²) in [6.07, 6.45) is 0. The van der Waals surface area contributed by atoms with Crippen molar-refractivity contribution in [3.63, 3.8) is 0 Å². The SMILES string of the molecule is Cc1nc(Cl)cc(C(C)C)c1C#N. The molecule has 0 aliphatic heterocycles. The van der Waals surface area contributed by atoms with Gasteiger partial charge in [0.1, 0.15) is 11.2 Å². The molecule has 1 heterocycles. The summed E-state index contributed by atoms with van der Waals surface area (Å²) in [7, 11) is 0. The van der Waals surface area contributed by atoms with Gasteiger partial charge >= 0.3 is 0 Å². The Labute approximate surface area is 83.2 Å². The van der Waals surface area contributed by atoms with Crippen LogP contribution in [0, 0.1) is 18.3 Å². The van der Waals surface area contributed by atoms with Crippen LogP contribution in [0.2, 0.25) is 5.15 Å². The van der Waals surface area contributed by atoms with Crippen LogP contribution in [-0.4, -0.2) is 4.98 Å². The topological polar surface area (TPSA) is 36.7 Å². The van der Waals surface area contributed by atoms with Crippen LogP contribution in [0.1, 0.15) is 36.6 Å². The van der Waals surface area contributed by atoms with Gasteiger partial charge in [-0.2, -0.15) is 5.26 Å². The molecule has 0 fully saturated rings. The minimum Gasteiger partial charge on any atom is -0.240 e. The van der Waals surface area contributed by atoms with Crippen LogP contribution in [0.15, 0.2) is 6.07 Å². The summed E-state index contributed by atoms with van der Waals surface area (Å²) in [4.78, 5) is 4.03. The number of aryl methyl sites for hydroxylation is 1. The van der Waals surface area contributed by atoms with E-state index in [1.165, 1.54) is 0 Å². The highest BCUT2D eigenvalue weighted by Gasteiger charge is 2.11. The van der Waals surface area contributed by atoms with Gasteiger partial charge in [-0.25, -0.2) is 4.98 Å². The molecule has 0 saturated heterocycles. The van der Waals surface area contributed by atoms with Crippen molar-refractivity contribution < 1.29 is 0 Å². The lowest BCUT2D eigenvalue weighted by Crippen LogP contribution is -1.98. The maximum atomic E-state index is 8.91. The summed E-state index contributed by atoms with van der Waals surface area (Å²) < 4.78 is 0. The van der Waals surface area contributed by atoms with E-state index in [2.05, 4.69) is 11.1 Å². The van der Waals surface area contributed by atoms with E-state index in [4.69, 9.17) is 16.9 Å². The number of rotatable bonds is 1. The average molecular weight is 195 g/mol. The second kappa shape index (κ2) is 3.76. The van der Waals surface area contributed by atoms with E-state index in [1.54, 1.807) is 13.0 Å². The molecule has 0 aliphatic rings. The van der Waals surface area contributed by atoms with Gasteiger partial charge in [-0.3, -0.25) is 0 Å². The molecule has 2 nitrogen and oxygen atoms in total. The van der Waals surface area contributed by atoms with Gasteiger partial charge < -0.3 is 0 Å². The quantitative estimate of drug-likeness (QED) is 0.645. The Morgan fingerprint density at radius 2 is 2.15 bits per heavy atom. The lowest BCUT2D eigenvalue weighted by atomic mass is 9.98. The summed E-state index contributed by atoms with van der Waals surface area (Å²) in [6.45, 7) is 5.87. The number of nitrogens with zero attached hydrogens (tertiary/aromatic N) is 2. The van der Waals surface area contributed by atoms with E-state index < -0.39 is 0 Å². The fourth-order valence-electron chi connectivity index (χ4n) is 1.26. The number of pyridine rings is 1. The van der Waals surface area contributed by atoms with Gasteiger partial charge in [0.05, 0.1) is 11.3 Å². The Morgan fingerprint density at radius 1 is 1.54 bits per heavy atom. The van der Waals surface area contributed by atoms with Crippen LogP contribution in [0.4, 0.5) is 0 Å². The maximum Gasteiger partial charge on any atom is 0.129 e. The molecule has 3 heteroatoms. The predicted octanol–water partition coefficient (Wildman–Crippen LogP) is 3.04. The number of halogens is 1. The van der Waals surface area contributed by atoms with Gasteiger partial charge in [0.25, 0.3) is 0 Å².